The van der Waals surface area contributed by atoms with E-state index in [-0.39, 0.29) is 16.8 Å². The maximum atomic E-state index is 13.0. The Morgan fingerprint density at radius 2 is 2.18 bits per heavy atom. The van der Waals surface area contributed by atoms with Crippen molar-refractivity contribution in [3.8, 4) is 0 Å². The van der Waals surface area contributed by atoms with Crippen LogP contribution in [0.4, 0.5) is 10.3 Å². The Kier molecular flexibility index (Phi) is 4.40. The summed E-state index contributed by atoms with van der Waals surface area (Å²) in [5, 5.41) is 17.1. The van der Waals surface area contributed by atoms with Crippen LogP contribution >= 0.6 is 15.9 Å². The van der Waals surface area contributed by atoms with Gasteiger partial charge in [0.25, 0.3) is 0 Å². The molecular weight excluding hydrogens is 449 g/mol. The van der Waals surface area contributed by atoms with Gasteiger partial charge >= 0.3 is 0 Å². The van der Waals surface area contributed by atoms with Gasteiger partial charge < -0.3 is 0 Å². The van der Waals surface area contributed by atoms with Gasteiger partial charge in [-0.2, -0.15) is 5.10 Å². The summed E-state index contributed by atoms with van der Waals surface area (Å²) in [5.74, 6) is 2.22. The van der Waals surface area contributed by atoms with Gasteiger partial charge in [-0.05, 0) is 22.0 Å². The first-order chi connectivity index (χ1) is 13.6. The van der Waals surface area contributed by atoms with Crippen molar-refractivity contribution in [2.75, 3.05) is 17.8 Å². The molecule has 1 fully saturated rings. The summed E-state index contributed by atoms with van der Waals surface area (Å²) in [4.78, 5) is 13.8. The number of hydrogen-bond donors (Lipinski definition) is 3. The number of aliphatic imine (C=N–C) groups is 1. The van der Waals surface area contributed by atoms with Crippen LogP contribution in [0.1, 0.15) is 12.1 Å². The number of hydrazone groups is 1. The fourth-order valence-electron chi connectivity index (χ4n) is 3.45. The summed E-state index contributed by atoms with van der Waals surface area (Å²) in [7, 11) is -0.0263. The monoisotopic (exact) mass is 464 g/mol. The Balaban J connectivity index is 1.40. The van der Waals surface area contributed by atoms with Crippen LogP contribution in [0.2, 0.25) is 0 Å². The van der Waals surface area contributed by atoms with E-state index in [1.165, 1.54) is 4.91 Å². The lowest BCUT2D eigenvalue weighted by Crippen LogP contribution is -2.50. The van der Waals surface area contributed by atoms with Crippen molar-refractivity contribution in [2.45, 2.75) is 17.7 Å². The molecule has 9 nitrogen and oxygen atoms in total. The number of anilines is 1. The van der Waals surface area contributed by atoms with E-state index in [2.05, 4.69) is 63.0 Å². The maximum absolute atomic E-state index is 13.0. The number of hydrogen-bond acceptors (Lipinski definition) is 8. The number of amidine groups is 1. The van der Waals surface area contributed by atoms with E-state index in [9.17, 15) is 4.39 Å². The van der Waals surface area contributed by atoms with E-state index in [1.54, 1.807) is 11.3 Å². The number of aromatic nitrogens is 4. The minimum atomic E-state index is -0.483. The van der Waals surface area contributed by atoms with Gasteiger partial charge in [-0.3, -0.25) is 10.4 Å². The molecule has 2 aromatic heterocycles. The Morgan fingerprint density at radius 1 is 1.32 bits per heavy atom. The van der Waals surface area contributed by atoms with Crippen molar-refractivity contribution < 1.29 is 4.39 Å². The number of aromatic amines is 1. The molecule has 12 heteroatoms. The van der Waals surface area contributed by atoms with Crippen LogP contribution in [0.5, 0.6) is 0 Å². The number of rotatable bonds is 4. The highest BCUT2D eigenvalue weighted by Crippen LogP contribution is 2.39. The highest BCUT2D eigenvalue weighted by molar-refractivity contribution is 9.10. The number of nitrogens with one attached hydrogen (secondary N) is 3. The molecule has 5 rings (SSSR count). The standard InChI is InChI=1S/C16H16BrFN9S/c17-11-6-23-24-12(11)7-28-9-22-16-8-27(26-15-20-4-10(18)5-21-15)25-14(16)19-3-1-2-13(16)28/h2-6,22H,1,7-9H2,(H,23,24)(H,20,21,26)/q+1. The lowest BCUT2D eigenvalue weighted by Gasteiger charge is -2.22. The van der Waals surface area contributed by atoms with Crippen molar-refractivity contribution in [1.82, 2.24) is 30.6 Å². The van der Waals surface area contributed by atoms with Gasteiger partial charge in [0.05, 0.1) is 35.3 Å². The SMILES string of the molecule is Fc1cnc(NN2CC34NC[S+](Cc5[nH]ncc5Br)C3=CCC=NC4=N2)nc1. The molecule has 144 valence electrons. The van der Waals surface area contributed by atoms with Gasteiger partial charge in [-0.1, -0.05) is 0 Å². The first kappa shape index (κ1) is 17.8. The summed E-state index contributed by atoms with van der Waals surface area (Å²) < 4.78 is 14.0. The van der Waals surface area contributed by atoms with Crippen molar-refractivity contribution >= 4 is 44.8 Å². The van der Waals surface area contributed by atoms with E-state index < -0.39 is 11.4 Å². The molecule has 0 amide bonds. The molecule has 0 bridgehead atoms. The van der Waals surface area contributed by atoms with Gasteiger partial charge in [-0.15, -0.1) is 5.10 Å². The highest BCUT2D eigenvalue weighted by Gasteiger charge is 2.59. The summed E-state index contributed by atoms with van der Waals surface area (Å²) in [6, 6.07) is 0. The molecule has 28 heavy (non-hydrogen) atoms. The largest absolute Gasteiger partial charge is 0.277 e. The second kappa shape index (κ2) is 6.94. The van der Waals surface area contributed by atoms with Gasteiger partial charge in [0.1, 0.15) is 0 Å². The molecular formula is C16H16BrFN9S+. The van der Waals surface area contributed by atoms with E-state index in [1.807, 2.05) is 6.21 Å². The van der Waals surface area contributed by atoms with Gasteiger partial charge in [-0.25, -0.2) is 29.9 Å². The van der Waals surface area contributed by atoms with E-state index >= 15 is 0 Å². The molecule has 2 unspecified atom stereocenters. The second-order valence-electron chi connectivity index (χ2n) is 6.49. The summed E-state index contributed by atoms with van der Waals surface area (Å²) in [6.45, 7) is 0.542. The van der Waals surface area contributed by atoms with E-state index in [0.717, 1.165) is 40.6 Å². The molecule has 0 aliphatic carbocycles. The van der Waals surface area contributed by atoms with Gasteiger partial charge in [0.15, 0.2) is 33.7 Å². The molecule has 2 aromatic rings. The predicted molar refractivity (Wildman–Crippen MR) is 109 cm³/mol. The smallest absolute Gasteiger partial charge is 0.243 e. The first-order valence-electron chi connectivity index (χ1n) is 8.58. The molecule has 1 spiro atoms. The molecule has 1 saturated heterocycles. The quantitative estimate of drug-likeness (QED) is 0.592. The lowest BCUT2D eigenvalue weighted by atomic mass is 9.98. The fraction of sp³-hybridized carbons (Fsp3) is 0.312. The summed E-state index contributed by atoms with van der Waals surface area (Å²) in [5.41, 5.74) is 3.65. The van der Waals surface area contributed by atoms with Crippen LogP contribution in [0.3, 0.4) is 0 Å². The molecule has 3 N–H and O–H groups in total. The van der Waals surface area contributed by atoms with Crippen molar-refractivity contribution in [3.05, 3.63) is 45.6 Å². The van der Waals surface area contributed by atoms with E-state index in [0.29, 0.717) is 12.4 Å². The van der Waals surface area contributed by atoms with Crippen molar-refractivity contribution in [3.63, 3.8) is 0 Å². The number of allylic oxidation sites excluding steroid dienone is 1. The average molecular weight is 465 g/mol. The van der Waals surface area contributed by atoms with Crippen LogP contribution in [0.15, 0.2) is 44.1 Å². The first-order valence-corrected chi connectivity index (χ1v) is 10.9. The predicted octanol–water partition coefficient (Wildman–Crippen LogP) is 1.53. The Labute approximate surface area is 171 Å². The Hall–Kier alpha value is -2.31. The molecule has 0 radical (unpaired) electrons. The van der Waals surface area contributed by atoms with Crippen molar-refractivity contribution in [1.29, 1.82) is 0 Å². The minimum absolute atomic E-state index is 0.0263. The van der Waals surface area contributed by atoms with Crippen molar-refractivity contribution in [2.24, 2.45) is 10.1 Å². The zero-order valence-electron chi connectivity index (χ0n) is 14.6. The summed E-state index contributed by atoms with van der Waals surface area (Å²) in [6.07, 6.45) is 8.91. The fourth-order valence-corrected chi connectivity index (χ4v) is 6.43. The van der Waals surface area contributed by atoms with Crippen LogP contribution in [0, 0.1) is 5.82 Å². The van der Waals surface area contributed by atoms with Crippen LogP contribution < -0.4 is 10.7 Å². The molecule has 3 aliphatic heterocycles. The zero-order valence-corrected chi connectivity index (χ0v) is 17.0. The summed E-state index contributed by atoms with van der Waals surface area (Å²) >= 11 is 3.55. The third kappa shape index (κ3) is 3.01. The molecule has 0 saturated carbocycles. The number of halogens is 2. The third-order valence-electron chi connectivity index (χ3n) is 4.72. The topological polar surface area (TPSA) is 106 Å². The van der Waals surface area contributed by atoms with Crippen LogP contribution in [0.25, 0.3) is 0 Å². The van der Waals surface area contributed by atoms with Crippen LogP contribution in [-0.4, -0.2) is 55.3 Å². The zero-order chi connectivity index (χ0) is 19.1. The number of hydrazine groups is 1. The Bertz CT molecular complexity index is 988. The Morgan fingerprint density at radius 3 is 2.96 bits per heavy atom. The number of H-pyrrole nitrogens is 1. The normalized spacial score (nSPS) is 25.8. The maximum Gasteiger partial charge on any atom is 0.243 e. The van der Waals surface area contributed by atoms with Gasteiger partial charge in [0, 0.05) is 23.5 Å². The third-order valence-corrected chi connectivity index (χ3v) is 7.67. The average Bonchev–Trinajstić information content (AvgIpc) is 3.32. The molecule has 0 aromatic carbocycles. The van der Waals surface area contributed by atoms with Crippen LogP contribution in [-0.2, 0) is 16.6 Å². The second-order valence-corrected chi connectivity index (χ2v) is 9.35. The minimum Gasteiger partial charge on any atom is -0.277 e. The van der Waals surface area contributed by atoms with E-state index in [4.69, 9.17) is 0 Å². The molecule has 2 atom stereocenters. The van der Waals surface area contributed by atoms with Gasteiger partial charge in [0.2, 0.25) is 5.95 Å². The molecule has 5 heterocycles. The highest BCUT2D eigenvalue weighted by atomic mass is 79.9. The lowest BCUT2D eigenvalue weighted by molar-refractivity contribution is 0.335. The number of nitrogens with zero attached hydrogens (tertiary/aromatic N) is 6. The molecule has 3 aliphatic rings.